The van der Waals surface area contributed by atoms with Crippen LogP contribution in [0.5, 0.6) is 0 Å². The van der Waals surface area contributed by atoms with E-state index in [1.54, 1.807) is 0 Å². The molecule has 19 heavy (non-hydrogen) atoms. The van der Waals surface area contributed by atoms with Gasteiger partial charge < -0.3 is 5.32 Å². The molecule has 0 amide bonds. The van der Waals surface area contributed by atoms with Crippen LogP contribution in [0.1, 0.15) is 51.0 Å². The van der Waals surface area contributed by atoms with Crippen molar-refractivity contribution in [3.05, 3.63) is 34.9 Å². The second-order valence-electron chi connectivity index (χ2n) is 5.50. The lowest BCUT2D eigenvalue weighted by molar-refractivity contribution is 0.165. The molecular formula is C16H25Cl2N. The predicted octanol–water partition coefficient (Wildman–Crippen LogP) is 4.96. The maximum Gasteiger partial charge on any atom is 0.0406 e. The third kappa shape index (κ3) is 3.45. The number of halogens is 2. The molecule has 0 saturated heterocycles. The quantitative estimate of drug-likeness (QED) is 0.783. The monoisotopic (exact) mass is 301 g/mol. The Morgan fingerprint density at radius 2 is 1.89 bits per heavy atom. The molecule has 0 bridgehead atoms. The second kappa shape index (κ2) is 7.52. The lowest BCUT2D eigenvalue weighted by Gasteiger charge is -2.48. The molecule has 1 fully saturated rings. The SMILES string of the molecule is CCCCC(NC)C1(c2ccc(Cl)cc2)CCC1.Cl. The van der Waals surface area contributed by atoms with Crippen LogP contribution >= 0.6 is 24.0 Å². The lowest BCUT2D eigenvalue weighted by Crippen LogP contribution is -2.51. The zero-order valence-corrected chi connectivity index (χ0v) is 13.5. The standard InChI is InChI=1S/C16H24ClN.ClH/c1-3-4-6-15(18-2)16(11-5-12-16)13-7-9-14(17)10-8-13;/h7-10,15,18H,3-6,11-12H2,1-2H3;1H. The zero-order valence-electron chi connectivity index (χ0n) is 11.9. The van der Waals surface area contributed by atoms with E-state index in [2.05, 4.69) is 31.4 Å². The Morgan fingerprint density at radius 1 is 1.26 bits per heavy atom. The van der Waals surface area contributed by atoms with Crippen LogP contribution in [0.15, 0.2) is 24.3 Å². The van der Waals surface area contributed by atoms with Gasteiger partial charge in [-0.15, -0.1) is 12.4 Å². The van der Waals surface area contributed by atoms with Crippen LogP contribution in [-0.4, -0.2) is 13.1 Å². The minimum atomic E-state index is 0. The highest BCUT2D eigenvalue weighted by molar-refractivity contribution is 6.30. The van der Waals surface area contributed by atoms with Crippen molar-refractivity contribution in [3.8, 4) is 0 Å². The minimum absolute atomic E-state index is 0. The van der Waals surface area contributed by atoms with Crippen molar-refractivity contribution in [2.45, 2.75) is 56.9 Å². The molecule has 1 aliphatic rings. The Hall–Kier alpha value is -0.240. The van der Waals surface area contributed by atoms with Crippen LogP contribution in [0.2, 0.25) is 5.02 Å². The summed E-state index contributed by atoms with van der Waals surface area (Å²) in [5.74, 6) is 0. The molecule has 1 N–H and O–H groups in total. The summed E-state index contributed by atoms with van der Waals surface area (Å²) in [6, 6.07) is 9.11. The fourth-order valence-electron chi connectivity index (χ4n) is 3.28. The Kier molecular flexibility index (Phi) is 6.65. The first-order valence-electron chi connectivity index (χ1n) is 7.16. The van der Waals surface area contributed by atoms with Gasteiger partial charge in [0.1, 0.15) is 0 Å². The molecule has 3 heteroatoms. The van der Waals surface area contributed by atoms with Gasteiger partial charge in [0.05, 0.1) is 0 Å². The lowest BCUT2D eigenvalue weighted by atomic mass is 9.59. The van der Waals surface area contributed by atoms with Crippen molar-refractivity contribution >= 4 is 24.0 Å². The number of nitrogens with one attached hydrogen (secondary N) is 1. The summed E-state index contributed by atoms with van der Waals surface area (Å²) in [4.78, 5) is 0. The Morgan fingerprint density at radius 3 is 2.32 bits per heavy atom. The minimum Gasteiger partial charge on any atom is -0.316 e. The molecule has 1 atom stereocenters. The summed E-state index contributed by atoms with van der Waals surface area (Å²) in [6.45, 7) is 2.27. The third-order valence-corrected chi connectivity index (χ3v) is 4.78. The molecule has 0 aliphatic heterocycles. The summed E-state index contributed by atoms with van der Waals surface area (Å²) in [6.07, 6.45) is 7.83. The van der Waals surface area contributed by atoms with E-state index in [4.69, 9.17) is 11.6 Å². The first kappa shape index (κ1) is 16.8. The molecule has 1 aromatic carbocycles. The van der Waals surface area contributed by atoms with E-state index in [9.17, 15) is 0 Å². The molecule has 1 saturated carbocycles. The largest absolute Gasteiger partial charge is 0.316 e. The van der Waals surface area contributed by atoms with Crippen LogP contribution in [0.25, 0.3) is 0 Å². The van der Waals surface area contributed by atoms with Gasteiger partial charge in [-0.1, -0.05) is 49.9 Å². The van der Waals surface area contributed by atoms with E-state index >= 15 is 0 Å². The van der Waals surface area contributed by atoms with Crippen LogP contribution in [0, 0.1) is 0 Å². The van der Waals surface area contributed by atoms with E-state index < -0.39 is 0 Å². The van der Waals surface area contributed by atoms with Crippen molar-refractivity contribution in [2.24, 2.45) is 0 Å². The predicted molar refractivity (Wildman–Crippen MR) is 86.6 cm³/mol. The molecular weight excluding hydrogens is 277 g/mol. The number of benzene rings is 1. The number of likely N-dealkylation sites (N-methyl/N-ethyl adjacent to an activating group) is 1. The highest BCUT2D eigenvalue weighted by Crippen LogP contribution is 2.47. The molecule has 0 radical (unpaired) electrons. The van der Waals surface area contributed by atoms with Gasteiger partial charge in [0.25, 0.3) is 0 Å². The molecule has 1 aliphatic carbocycles. The summed E-state index contributed by atoms with van der Waals surface area (Å²) in [7, 11) is 2.11. The molecule has 2 rings (SSSR count). The van der Waals surface area contributed by atoms with Gasteiger partial charge in [-0.25, -0.2) is 0 Å². The fourth-order valence-corrected chi connectivity index (χ4v) is 3.41. The smallest absolute Gasteiger partial charge is 0.0406 e. The van der Waals surface area contributed by atoms with E-state index in [0.717, 1.165) is 5.02 Å². The van der Waals surface area contributed by atoms with Gasteiger partial charge in [0.15, 0.2) is 0 Å². The maximum absolute atomic E-state index is 6.00. The van der Waals surface area contributed by atoms with E-state index in [1.807, 2.05) is 12.1 Å². The van der Waals surface area contributed by atoms with Crippen LogP contribution in [0.3, 0.4) is 0 Å². The van der Waals surface area contributed by atoms with E-state index in [-0.39, 0.29) is 12.4 Å². The third-order valence-electron chi connectivity index (χ3n) is 4.53. The van der Waals surface area contributed by atoms with Crippen LogP contribution < -0.4 is 5.32 Å². The average Bonchev–Trinajstić information content (AvgIpc) is 2.34. The first-order valence-corrected chi connectivity index (χ1v) is 7.54. The fraction of sp³-hybridized carbons (Fsp3) is 0.625. The summed E-state index contributed by atoms with van der Waals surface area (Å²) >= 11 is 6.00. The van der Waals surface area contributed by atoms with Crippen molar-refractivity contribution < 1.29 is 0 Å². The second-order valence-corrected chi connectivity index (χ2v) is 5.94. The molecule has 0 spiro atoms. The van der Waals surface area contributed by atoms with Crippen molar-refractivity contribution in [1.29, 1.82) is 0 Å². The Bertz CT molecular complexity index is 371. The van der Waals surface area contributed by atoms with Crippen molar-refractivity contribution in [1.82, 2.24) is 5.32 Å². The average molecular weight is 302 g/mol. The van der Waals surface area contributed by atoms with E-state index in [1.165, 1.54) is 44.1 Å². The van der Waals surface area contributed by atoms with Gasteiger partial charge in [-0.05, 0) is 44.0 Å². The molecule has 1 aromatic rings. The summed E-state index contributed by atoms with van der Waals surface area (Å²) < 4.78 is 0. The molecule has 0 aromatic heterocycles. The van der Waals surface area contributed by atoms with Gasteiger partial charge >= 0.3 is 0 Å². The van der Waals surface area contributed by atoms with Crippen LogP contribution in [0.4, 0.5) is 0 Å². The summed E-state index contributed by atoms with van der Waals surface area (Å²) in [5.41, 5.74) is 1.82. The van der Waals surface area contributed by atoms with Gasteiger partial charge in [-0.3, -0.25) is 0 Å². The first-order chi connectivity index (χ1) is 8.73. The molecule has 1 unspecified atom stereocenters. The number of hydrogen-bond acceptors (Lipinski definition) is 1. The zero-order chi connectivity index (χ0) is 13.0. The topological polar surface area (TPSA) is 12.0 Å². The van der Waals surface area contributed by atoms with Crippen molar-refractivity contribution in [2.75, 3.05) is 7.05 Å². The van der Waals surface area contributed by atoms with E-state index in [0.29, 0.717) is 11.5 Å². The maximum atomic E-state index is 6.00. The van der Waals surface area contributed by atoms with Gasteiger partial charge in [0.2, 0.25) is 0 Å². The normalized spacial score (nSPS) is 18.3. The number of unbranched alkanes of at least 4 members (excludes halogenated alkanes) is 1. The highest BCUT2D eigenvalue weighted by atomic mass is 35.5. The molecule has 108 valence electrons. The summed E-state index contributed by atoms with van der Waals surface area (Å²) in [5, 5.41) is 4.40. The number of hydrogen-bond donors (Lipinski definition) is 1. The number of rotatable bonds is 6. The van der Waals surface area contributed by atoms with Crippen molar-refractivity contribution in [3.63, 3.8) is 0 Å². The Balaban J connectivity index is 0.00000180. The highest BCUT2D eigenvalue weighted by Gasteiger charge is 2.44. The molecule has 1 nitrogen and oxygen atoms in total. The molecule has 0 heterocycles. The van der Waals surface area contributed by atoms with Gasteiger partial charge in [0, 0.05) is 16.5 Å². The van der Waals surface area contributed by atoms with Gasteiger partial charge in [-0.2, -0.15) is 0 Å². The van der Waals surface area contributed by atoms with Crippen LogP contribution in [-0.2, 0) is 5.41 Å². The Labute approximate surface area is 128 Å².